The van der Waals surface area contributed by atoms with Gasteiger partial charge in [-0.3, -0.25) is 4.79 Å². The molecule has 2 aromatic carbocycles. The fourth-order valence-corrected chi connectivity index (χ4v) is 3.05. The van der Waals surface area contributed by atoms with Crippen LogP contribution in [0, 0.1) is 0 Å². The molecule has 4 nitrogen and oxygen atoms in total. The van der Waals surface area contributed by atoms with Crippen molar-refractivity contribution in [1.29, 1.82) is 0 Å². The Morgan fingerprint density at radius 2 is 1.83 bits per heavy atom. The topological polar surface area (TPSA) is 47.6 Å². The molecule has 0 radical (unpaired) electrons. The molecule has 1 aliphatic heterocycles. The molecule has 0 atom stereocenters. The molecule has 0 unspecified atom stereocenters. The van der Waals surface area contributed by atoms with Crippen LogP contribution in [0.5, 0.6) is 11.5 Å². The summed E-state index contributed by atoms with van der Waals surface area (Å²) < 4.78 is 11.4. The first-order chi connectivity index (χ1) is 11.0. The van der Waals surface area contributed by atoms with Crippen LogP contribution >= 0.6 is 27.5 Å². The maximum atomic E-state index is 12.2. The highest BCUT2D eigenvalue weighted by Crippen LogP contribution is 2.38. The van der Waals surface area contributed by atoms with Crippen molar-refractivity contribution in [2.45, 2.75) is 0 Å². The minimum atomic E-state index is -0.163. The Morgan fingerprint density at radius 1 is 1.13 bits per heavy atom. The summed E-state index contributed by atoms with van der Waals surface area (Å²) in [7, 11) is 3.15. The SMILES string of the molecule is COc1cc(Br)c(/C=C2/C(=O)Nc3cc(Cl)ccc32)cc1OC. The summed E-state index contributed by atoms with van der Waals surface area (Å²) in [5.41, 5.74) is 2.92. The van der Waals surface area contributed by atoms with E-state index in [2.05, 4.69) is 21.2 Å². The first-order valence-corrected chi connectivity index (χ1v) is 7.95. The number of nitrogens with one attached hydrogen (secondary N) is 1. The van der Waals surface area contributed by atoms with Gasteiger partial charge in [-0.2, -0.15) is 0 Å². The molecular formula is C17H13BrClNO3. The summed E-state index contributed by atoms with van der Waals surface area (Å²) in [6.45, 7) is 0. The number of rotatable bonds is 3. The zero-order chi connectivity index (χ0) is 16.6. The van der Waals surface area contributed by atoms with Gasteiger partial charge < -0.3 is 14.8 Å². The molecule has 1 N–H and O–H groups in total. The molecule has 0 saturated carbocycles. The van der Waals surface area contributed by atoms with Crippen molar-refractivity contribution in [2.24, 2.45) is 0 Å². The third-order valence-corrected chi connectivity index (χ3v) is 4.49. The van der Waals surface area contributed by atoms with Gasteiger partial charge in [0, 0.05) is 20.6 Å². The van der Waals surface area contributed by atoms with E-state index in [4.69, 9.17) is 21.1 Å². The Kier molecular flexibility index (Phi) is 4.33. The van der Waals surface area contributed by atoms with Crippen molar-refractivity contribution in [3.05, 3.63) is 51.0 Å². The summed E-state index contributed by atoms with van der Waals surface area (Å²) in [4.78, 5) is 12.2. The zero-order valence-electron chi connectivity index (χ0n) is 12.4. The predicted octanol–water partition coefficient (Wildman–Crippen LogP) is 4.61. The quantitative estimate of drug-likeness (QED) is 0.773. The van der Waals surface area contributed by atoms with Crippen molar-refractivity contribution in [1.82, 2.24) is 0 Å². The number of carbonyl (C=O) groups excluding carboxylic acids is 1. The number of anilines is 1. The predicted molar refractivity (Wildman–Crippen MR) is 95.2 cm³/mol. The van der Waals surface area contributed by atoms with Crippen molar-refractivity contribution in [2.75, 3.05) is 19.5 Å². The normalized spacial score (nSPS) is 14.6. The number of amides is 1. The van der Waals surface area contributed by atoms with Crippen LogP contribution in [0.2, 0.25) is 5.02 Å². The molecule has 0 bridgehead atoms. The first kappa shape index (κ1) is 15.9. The highest BCUT2D eigenvalue weighted by atomic mass is 79.9. The van der Waals surface area contributed by atoms with Gasteiger partial charge >= 0.3 is 0 Å². The van der Waals surface area contributed by atoms with Crippen LogP contribution in [-0.4, -0.2) is 20.1 Å². The molecule has 0 saturated heterocycles. The summed E-state index contributed by atoms with van der Waals surface area (Å²) >= 11 is 9.47. The van der Waals surface area contributed by atoms with Crippen LogP contribution in [0.4, 0.5) is 5.69 Å². The Bertz CT molecular complexity index is 833. The lowest BCUT2D eigenvalue weighted by Gasteiger charge is -2.10. The molecular weight excluding hydrogens is 382 g/mol. The minimum Gasteiger partial charge on any atom is -0.493 e. The Morgan fingerprint density at radius 3 is 2.52 bits per heavy atom. The average molecular weight is 395 g/mol. The van der Waals surface area contributed by atoms with Crippen molar-refractivity contribution < 1.29 is 14.3 Å². The fourth-order valence-electron chi connectivity index (χ4n) is 2.45. The number of halogens is 2. The van der Waals surface area contributed by atoms with E-state index in [1.54, 1.807) is 38.5 Å². The number of hydrogen-bond donors (Lipinski definition) is 1. The largest absolute Gasteiger partial charge is 0.493 e. The molecule has 23 heavy (non-hydrogen) atoms. The van der Waals surface area contributed by atoms with E-state index in [9.17, 15) is 4.79 Å². The van der Waals surface area contributed by atoms with Gasteiger partial charge in [0.1, 0.15) is 0 Å². The summed E-state index contributed by atoms with van der Waals surface area (Å²) in [5.74, 6) is 1.05. The molecule has 0 aromatic heterocycles. The van der Waals surface area contributed by atoms with E-state index in [0.717, 1.165) is 15.6 Å². The smallest absolute Gasteiger partial charge is 0.256 e. The number of hydrogen-bond acceptors (Lipinski definition) is 3. The second kappa shape index (κ2) is 6.26. The van der Waals surface area contributed by atoms with Gasteiger partial charge in [0.05, 0.1) is 19.9 Å². The van der Waals surface area contributed by atoms with E-state index < -0.39 is 0 Å². The van der Waals surface area contributed by atoms with E-state index in [-0.39, 0.29) is 5.91 Å². The maximum absolute atomic E-state index is 12.2. The Balaban J connectivity index is 2.11. The van der Waals surface area contributed by atoms with E-state index in [1.165, 1.54) is 0 Å². The highest BCUT2D eigenvalue weighted by Gasteiger charge is 2.24. The second-order valence-corrected chi connectivity index (χ2v) is 6.22. The number of methoxy groups -OCH3 is 2. The van der Waals surface area contributed by atoms with Crippen LogP contribution in [-0.2, 0) is 4.79 Å². The highest BCUT2D eigenvalue weighted by molar-refractivity contribution is 9.10. The summed E-state index contributed by atoms with van der Waals surface area (Å²) in [6.07, 6.45) is 1.81. The molecule has 0 fully saturated rings. The summed E-state index contributed by atoms with van der Waals surface area (Å²) in [5, 5.41) is 3.40. The third kappa shape index (κ3) is 2.94. The standard InChI is InChI=1S/C17H13BrClNO3/c1-22-15-6-9(13(18)8-16(15)23-2)5-12-11-4-3-10(19)7-14(11)20-17(12)21/h3-8H,1-2H3,(H,20,21)/b12-5+. The average Bonchev–Trinajstić information content (AvgIpc) is 2.83. The first-order valence-electron chi connectivity index (χ1n) is 6.78. The van der Waals surface area contributed by atoms with Crippen molar-refractivity contribution in [3.63, 3.8) is 0 Å². The van der Waals surface area contributed by atoms with Gasteiger partial charge in [-0.1, -0.05) is 33.6 Å². The number of fused-ring (bicyclic) bond motifs is 1. The monoisotopic (exact) mass is 393 g/mol. The number of carbonyl (C=O) groups is 1. The number of ether oxygens (including phenoxy) is 2. The van der Waals surface area contributed by atoms with Crippen LogP contribution in [0.25, 0.3) is 11.6 Å². The molecule has 3 rings (SSSR count). The molecule has 1 heterocycles. The maximum Gasteiger partial charge on any atom is 0.256 e. The fraction of sp³-hybridized carbons (Fsp3) is 0.118. The lowest BCUT2D eigenvalue weighted by Crippen LogP contribution is -2.03. The van der Waals surface area contributed by atoms with E-state index in [1.807, 2.05) is 12.1 Å². The lowest BCUT2D eigenvalue weighted by molar-refractivity contribution is -0.110. The van der Waals surface area contributed by atoms with Gasteiger partial charge in [-0.05, 0) is 35.9 Å². The van der Waals surface area contributed by atoms with Crippen LogP contribution in [0.3, 0.4) is 0 Å². The van der Waals surface area contributed by atoms with Gasteiger partial charge in [0.15, 0.2) is 11.5 Å². The van der Waals surface area contributed by atoms with Gasteiger partial charge in [-0.25, -0.2) is 0 Å². The van der Waals surface area contributed by atoms with Crippen LogP contribution in [0.1, 0.15) is 11.1 Å². The molecule has 0 spiro atoms. The molecule has 118 valence electrons. The van der Waals surface area contributed by atoms with E-state index >= 15 is 0 Å². The summed E-state index contributed by atoms with van der Waals surface area (Å²) in [6, 6.07) is 8.95. The third-order valence-electron chi connectivity index (χ3n) is 3.57. The van der Waals surface area contributed by atoms with Gasteiger partial charge in [0.2, 0.25) is 0 Å². The molecule has 2 aromatic rings. The lowest BCUT2D eigenvalue weighted by atomic mass is 10.0. The Hall–Kier alpha value is -1.98. The zero-order valence-corrected chi connectivity index (χ0v) is 14.8. The van der Waals surface area contributed by atoms with Crippen LogP contribution in [0.15, 0.2) is 34.8 Å². The van der Waals surface area contributed by atoms with Crippen molar-refractivity contribution in [3.8, 4) is 11.5 Å². The van der Waals surface area contributed by atoms with Crippen LogP contribution < -0.4 is 14.8 Å². The van der Waals surface area contributed by atoms with E-state index in [0.29, 0.717) is 27.8 Å². The minimum absolute atomic E-state index is 0.163. The molecule has 0 aliphatic carbocycles. The van der Waals surface area contributed by atoms with Gasteiger partial charge in [0.25, 0.3) is 5.91 Å². The number of benzene rings is 2. The van der Waals surface area contributed by atoms with Gasteiger partial charge in [-0.15, -0.1) is 0 Å². The molecule has 1 amide bonds. The molecule has 6 heteroatoms. The van der Waals surface area contributed by atoms with Crippen molar-refractivity contribution >= 4 is 50.8 Å². The Labute approximate surface area is 147 Å². The second-order valence-electron chi connectivity index (χ2n) is 4.93. The molecule has 1 aliphatic rings.